The van der Waals surface area contributed by atoms with Crippen molar-refractivity contribution < 1.29 is 14.3 Å². The Balaban J connectivity index is 1.94. The molecule has 0 fully saturated rings. The second kappa shape index (κ2) is 7.25. The van der Waals surface area contributed by atoms with Gasteiger partial charge in [-0.2, -0.15) is 0 Å². The van der Waals surface area contributed by atoms with E-state index in [4.69, 9.17) is 15.2 Å². The van der Waals surface area contributed by atoms with Gasteiger partial charge in [0.25, 0.3) is 5.91 Å². The number of anilines is 2. The first-order chi connectivity index (χ1) is 11.3. The van der Waals surface area contributed by atoms with Gasteiger partial charge in [-0.15, -0.1) is 0 Å². The quantitative estimate of drug-likeness (QED) is 0.823. The molecule has 0 spiro atoms. The van der Waals surface area contributed by atoms with Gasteiger partial charge in [-0.1, -0.05) is 32.9 Å². The molecule has 0 aliphatic rings. The van der Waals surface area contributed by atoms with Crippen molar-refractivity contribution in [2.75, 3.05) is 24.8 Å². The van der Waals surface area contributed by atoms with E-state index in [1.807, 2.05) is 24.3 Å². The van der Waals surface area contributed by atoms with Crippen LogP contribution in [0, 0.1) is 0 Å². The zero-order valence-electron chi connectivity index (χ0n) is 14.6. The number of hydrogen-bond donors (Lipinski definition) is 2. The number of rotatable bonds is 5. The molecule has 0 heterocycles. The largest absolute Gasteiger partial charge is 0.494 e. The molecule has 0 bridgehead atoms. The molecule has 0 saturated heterocycles. The highest BCUT2D eigenvalue weighted by Gasteiger charge is 2.13. The summed E-state index contributed by atoms with van der Waals surface area (Å²) in [5.74, 6) is 0.901. The molecule has 0 atom stereocenters. The highest BCUT2D eigenvalue weighted by Crippen LogP contribution is 2.27. The Kier molecular flexibility index (Phi) is 5.34. The van der Waals surface area contributed by atoms with Gasteiger partial charge in [0.15, 0.2) is 6.61 Å². The predicted octanol–water partition coefficient (Wildman–Crippen LogP) is 3.59. The highest BCUT2D eigenvalue weighted by atomic mass is 16.5. The Morgan fingerprint density at radius 2 is 1.79 bits per heavy atom. The van der Waals surface area contributed by atoms with Crippen LogP contribution in [0.4, 0.5) is 11.4 Å². The minimum absolute atomic E-state index is 0.0810. The second-order valence-corrected chi connectivity index (χ2v) is 6.57. The minimum Gasteiger partial charge on any atom is -0.494 e. The third kappa shape index (κ3) is 4.65. The molecule has 2 aromatic carbocycles. The molecule has 24 heavy (non-hydrogen) atoms. The zero-order chi connectivity index (χ0) is 17.7. The van der Waals surface area contributed by atoms with Gasteiger partial charge in [-0.3, -0.25) is 4.79 Å². The lowest BCUT2D eigenvalue weighted by molar-refractivity contribution is -0.118. The molecule has 1 amide bonds. The second-order valence-electron chi connectivity index (χ2n) is 6.57. The lowest BCUT2D eigenvalue weighted by Gasteiger charge is -2.19. The van der Waals surface area contributed by atoms with Crippen molar-refractivity contribution in [2.24, 2.45) is 0 Å². The maximum Gasteiger partial charge on any atom is 0.262 e. The summed E-state index contributed by atoms with van der Waals surface area (Å²) >= 11 is 0. The van der Waals surface area contributed by atoms with Gasteiger partial charge in [0.05, 0.1) is 12.8 Å². The van der Waals surface area contributed by atoms with Crippen LogP contribution < -0.4 is 20.5 Å². The summed E-state index contributed by atoms with van der Waals surface area (Å²) < 4.78 is 10.7. The smallest absolute Gasteiger partial charge is 0.262 e. The fraction of sp³-hybridized carbons (Fsp3) is 0.316. The number of nitrogens with two attached hydrogens (primary N) is 1. The van der Waals surface area contributed by atoms with Gasteiger partial charge < -0.3 is 20.5 Å². The number of amides is 1. The maximum absolute atomic E-state index is 12.0. The fourth-order valence-corrected chi connectivity index (χ4v) is 2.20. The van der Waals surface area contributed by atoms with Crippen LogP contribution in [0.25, 0.3) is 0 Å². The van der Waals surface area contributed by atoms with Crippen molar-refractivity contribution in [3.05, 3.63) is 48.0 Å². The number of nitrogens with one attached hydrogen (secondary N) is 1. The molecule has 0 aliphatic carbocycles. The van der Waals surface area contributed by atoms with Crippen LogP contribution in [0.5, 0.6) is 11.5 Å². The highest BCUT2D eigenvalue weighted by molar-refractivity contribution is 5.93. The lowest BCUT2D eigenvalue weighted by Crippen LogP contribution is -2.20. The van der Waals surface area contributed by atoms with Crippen LogP contribution in [0.3, 0.4) is 0 Å². The molecule has 0 unspecified atom stereocenters. The number of ether oxygens (including phenoxy) is 2. The van der Waals surface area contributed by atoms with Gasteiger partial charge in [-0.25, -0.2) is 0 Å². The van der Waals surface area contributed by atoms with Gasteiger partial charge in [0, 0.05) is 11.8 Å². The number of benzene rings is 2. The van der Waals surface area contributed by atoms with E-state index in [0.717, 1.165) is 0 Å². The molecule has 5 nitrogen and oxygen atoms in total. The molecule has 2 aromatic rings. The van der Waals surface area contributed by atoms with Crippen LogP contribution in [0.15, 0.2) is 42.5 Å². The maximum atomic E-state index is 12.0. The van der Waals surface area contributed by atoms with Crippen molar-refractivity contribution in [3.8, 4) is 11.5 Å². The molecule has 0 aliphatic heterocycles. The van der Waals surface area contributed by atoms with Crippen molar-refractivity contribution in [2.45, 2.75) is 26.2 Å². The van der Waals surface area contributed by atoms with Gasteiger partial charge >= 0.3 is 0 Å². The fourth-order valence-electron chi connectivity index (χ4n) is 2.20. The van der Waals surface area contributed by atoms with E-state index < -0.39 is 0 Å². The van der Waals surface area contributed by atoms with Crippen molar-refractivity contribution >= 4 is 17.3 Å². The van der Waals surface area contributed by atoms with E-state index in [1.54, 1.807) is 18.2 Å². The average molecular weight is 328 g/mol. The van der Waals surface area contributed by atoms with Gasteiger partial charge in [-0.05, 0) is 35.2 Å². The molecule has 128 valence electrons. The molecular weight excluding hydrogens is 304 g/mol. The Morgan fingerprint density at radius 1 is 1.12 bits per heavy atom. The van der Waals surface area contributed by atoms with Crippen LogP contribution in [-0.2, 0) is 10.2 Å². The summed E-state index contributed by atoms with van der Waals surface area (Å²) in [6, 6.07) is 12.8. The third-order valence-corrected chi connectivity index (χ3v) is 3.59. The van der Waals surface area contributed by atoms with E-state index in [2.05, 4.69) is 26.1 Å². The van der Waals surface area contributed by atoms with Crippen LogP contribution >= 0.6 is 0 Å². The number of carbonyl (C=O) groups excluding carboxylic acids is 1. The van der Waals surface area contributed by atoms with Gasteiger partial charge in [0.1, 0.15) is 11.5 Å². The summed E-state index contributed by atoms with van der Waals surface area (Å²) in [7, 11) is 1.53. The van der Waals surface area contributed by atoms with E-state index in [-0.39, 0.29) is 17.9 Å². The molecule has 5 heteroatoms. The minimum atomic E-state index is -0.266. The lowest BCUT2D eigenvalue weighted by atomic mass is 9.87. The van der Waals surface area contributed by atoms with Crippen LogP contribution in [0.2, 0.25) is 0 Å². The Morgan fingerprint density at radius 3 is 2.38 bits per heavy atom. The molecule has 0 radical (unpaired) electrons. The molecule has 2 rings (SSSR count). The van der Waals surface area contributed by atoms with Crippen LogP contribution in [-0.4, -0.2) is 19.6 Å². The summed E-state index contributed by atoms with van der Waals surface area (Å²) in [4.78, 5) is 12.0. The predicted molar refractivity (Wildman–Crippen MR) is 96.7 cm³/mol. The first-order valence-electron chi connectivity index (χ1n) is 7.76. The molecule has 0 aromatic heterocycles. The van der Waals surface area contributed by atoms with E-state index >= 15 is 0 Å². The number of methoxy groups -OCH3 is 1. The summed E-state index contributed by atoms with van der Waals surface area (Å²) in [6.07, 6.45) is 0. The van der Waals surface area contributed by atoms with Crippen LogP contribution in [0.1, 0.15) is 26.3 Å². The summed E-state index contributed by atoms with van der Waals surface area (Å²) in [5, 5.41) is 2.75. The number of hydrogen-bond acceptors (Lipinski definition) is 4. The molecule has 3 N–H and O–H groups in total. The topological polar surface area (TPSA) is 73.6 Å². The summed E-state index contributed by atoms with van der Waals surface area (Å²) in [5.41, 5.74) is 8.12. The standard InChI is InChI=1S/C19H24N2O3/c1-19(2,3)13-5-8-15(9-6-13)24-12-18(22)21-16-10-7-14(20)11-17(16)23-4/h5-11H,12,20H2,1-4H3,(H,21,22). The average Bonchev–Trinajstić information content (AvgIpc) is 2.54. The zero-order valence-corrected chi connectivity index (χ0v) is 14.6. The molecular formula is C19H24N2O3. The van der Waals surface area contributed by atoms with Crippen molar-refractivity contribution in [1.29, 1.82) is 0 Å². The normalized spacial score (nSPS) is 11.0. The summed E-state index contributed by atoms with van der Waals surface area (Å²) in [6.45, 7) is 6.37. The first-order valence-corrected chi connectivity index (χ1v) is 7.76. The van der Waals surface area contributed by atoms with E-state index in [0.29, 0.717) is 22.9 Å². The van der Waals surface area contributed by atoms with Crippen molar-refractivity contribution in [1.82, 2.24) is 0 Å². The Labute approximate surface area is 142 Å². The Hall–Kier alpha value is -2.69. The SMILES string of the molecule is COc1cc(N)ccc1NC(=O)COc1ccc(C(C)(C)C)cc1. The number of carbonyl (C=O) groups is 1. The monoisotopic (exact) mass is 328 g/mol. The first kappa shape index (κ1) is 17.7. The Bertz CT molecular complexity index is 704. The van der Waals surface area contributed by atoms with Crippen molar-refractivity contribution in [3.63, 3.8) is 0 Å². The third-order valence-electron chi connectivity index (χ3n) is 3.59. The molecule has 0 saturated carbocycles. The van der Waals surface area contributed by atoms with E-state index in [1.165, 1.54) is 12.7 Å². The van der Waals surface area contributed by atoms with E-state index in [9.17, 15) is 4.79 Å². The van der Waals surface area contributed by atoms with Gasteiger partial charge in [0.2, 0.25) is 0 Å². The number of nitrogen functional groups attached to an aromatic ring is 1.